The van der Waals surface area contributed by atoms with E-state index in [0.717, 1.165) is 5.56 Å². The fourth-order valence-corrected chi connectivity index (χ4v) is 1.93. The highest BCUT2D eigenvalue weighted by Gasteiger charge is 2.15. The van der Waals surface area contributed by atoms with E-state index in [2.05, 4.69) is 0 Å². The molecule has 0 amide bonds. The molecule has 0 bridgehead atoms. The Morgan fingerprint density at radius 1 is 1.05 bits per heavy atom. The van der Waals surface area contributed by atoms with Crippen LogP contribution < -0.4 is 14.2 Å². The van der Waals surface area contributed by atoms with E-state index in [1.54, 1.807) is 28.3 Å². The highest BCUT2D eigenvalue weighted by molar-refractivity contribution is 5.69. The molecule has 0 aliphatic rings. The van der Waals surface area contributed by atoms with Crippen LogP contribution in [0, 0.1) is 0 Å². The minimum absolute atomic E-state index is 0.221. The van der Waals surface area contributed by atoms with Gasteiger partial charge in [-0.2, -0.15) is 0 Å². The molecule has 6 heteroatoms. The number of carbonyl (C=O) groups excluding carboxylic acids is 1. The van der Waals surface area contributed by atoms with E-state index < -0.39 is 0 Å². The highest BCUT2D eigenvalue weighted by atomic mass is 16.6. The standard InChI is InChI=1S/C16H24O6/c1-5-21-15(17)7-6-12-10-13(19-3)16(14(11-12)20-4)22-9-8-18-2/h10-11H,5-9H2,1-4H3. The number of ether oxygens (including phenoxy) is 5. The van der Waals surface area contributed by atoms with Crippen LogP contribution in [-0.2, 0) is 20.7 Å². The van der Waals surface area contributed by atoms with Crippen molar-refractivity contribution in [3.8, 4) is 17.2 Å². The Hall–Kier alpha value is -1.95. The Morgan fingerprint density at radius 3 is 2.18 bits per heavy atom. The fourth-order valence-electron chi connectivity index (χ4n) is 1.93. The van der Waals surface area contributed by atoms with Crippen LogP contribution in [0.15, 0.2) is 12.1 Å². The van der Waals surface area contributed by atoms with Gasteiger partial charge in [0.25, 0.3) is 0 Å². The molecule has 0 unspecified atom stereocenters. The van der Waals surface area contributed by atoms with Gasteiger partial charge >= 0.3 is 5.97 Å². The molecule has 0 saturated heterocycles. The largest absolute Gasteiger partial charge is 0.493 e. The normalized spacial score (nSPS) is 10.2. The van der Waals surface area contributed by atoms with Gasteiger partial charge in [0.15, 0.2) is 11.5 Å². The molecule has 0 radical (unpaired) electrons. The third-order valence-electron chi connectivity index (χ3n) is 2.98. The molecule has 0 heterocycles. The SMILES string of the molecule is CCOC(=O)CCc1cc(OC)c(OCCOC)c(OC)c1. The van der Waals surface area contributed by atoms with Gasteiger partial charge < -0.3 is 23.7 Å². The molecule has 0 N–H and O–H groups in total. The maximum absolute atomic E-state index is 11.4. The lowest BCUT2D eigenvalue weighted by atomic mass is 10.1. The second-order valence-corrected chi connectivity index (χ2v) is 4.48. The zero-order valence-corrected chi connectivity index (χ0v) is 13.6. The summed E-state index contributed by atoms with van der Waals surface area (Å²) in [4.78, 5) is 11.4. The average molecular weight is 312 g/mol. The van der Waals surface area contributed by atoms with Crippen LogP contribution in [0.4, 0.5) is 0 Å². The molecule has 1 rings (SSSR count). The molecule has 0 aliphatic heterocycles. The molecular weight excluding hydrogens is 288 g/mol. The number of carbonyl (C=O) groups is 1. The summed E-state index contributed by atoms with van der Waals surface area (Å²) in [6, 6.07) is 3.67. The Kier molecular flexibility index (Phi) is 8.14. The van der Waals surface area contributed by atoms with Crippen molar-refractivity contribution in [2.24, 2.45) is 0 Å². The summed E-state index contributed by atoms with van der Waals surface area (Å²) in [6.07, 6.45) is 0.855. The summed E-state index contributed by atoms with van der Waals surface area (Å²) < 4.78 is 26.2. The van der Waals surface area contributed by atoms with E-state index in [1.807, 2.05) is 12.1 Å². The first-order valence-electron chi connectivity index (χ1n) is 7.18. The van der Waals surface area contributed by atoms with Gasteiger partial charge in [-0.05, 0) is 31.0 Å². The minimum atomic E-state index is -0.221. The highest BCUT2D eigenvalue weighted by Crippen LogP contribution is 2.38. The predicted molar refractivity (Wildman–Crippen MR) is 81.9 cm³/mol. The Balaban J connectivity index is 2.86. The zero-order chi connectivity index (χ0) is 16.4. The minimum Gasteiger partial charge on any atom is -0.493 e. The molecule has 0 saturated carbocycles. The molecular formula is C16H24O6. The van der Waals surface area contributed by atoms with Gasteiger partial charge in [0.1, 0.15) is 6.61 Å². The van der Waals surface area contributed by atoms with Crippen LogP contribution in [-0.4, -0.2) is 47.1 Å². The summed E-state index contributed by atoms with van der Waals surface area (Å²) in [7, 11) is 4.73. The lowest BCUT2D eigenvalue weighted by molar-refractivity contribution is -0.143. The number of rotatable bonds is 10. The monoisotopic (exact) mass is 312 g/mol. The van der Waals surface area contributed by atoms with Gasteiger partial charge in [0.2, 0.25) is 5.75 Å². The third-order valence-corrected chi connectivity index (χ3v) is 2.98. The van der Waals surface area contributed by atoms with E-state index in [-0.39, 0.29) is 5.97 Å². The third kappa shape index (κ3) is 5.44. The Bertz CT molecular complexity index is 447. The molecule has 1 aromatic carbocycles. The average Bonchev–Trinajstić information content (AvgIpc) is 2.53. The van der Waals surface area contributed by atoms with E-state index in [0.29, 0.717) is 49.9 Å². The van der Waals surface area contributed by atoms with Gasteiger partial charge in [-0.15, -0.1) is 0 Å². The first kappa shape index (κ1) is 18.1. The number of methoxy groups -OCH3 is 3. The van der Waals surface area contributed by atoms with Crippen molar-refractivity contribution in [3.05, 3.63) is 17.7 Å². The van der Waals surface area contributed by atoms with Crippen molar-refractivity contribution < 1.29 is 28.5 Å². The second kappa shape index (κ2) is 9.89. The lowest BCUT2D eigenvalue weighted by Gasteiger charge is -2.16. The Labute approximate surface area is 131 Å². The van der Waals surface area contributed by atoms with Gasteiger partial charge in [0.05, 0.1) is 27.4 Å². The number of esters is 1. The molecule has 0 aromatic heterocycles. The lowest BCUT2D eigenvalue weighted by Crippen LogP contribution is -2.08. The molecule has 0 spiro atoms. The molecule has 0 aliphatic carbocycles. The quantitative estimate of drug-likeness (QED) is 0.487. The van der Waals surface area contributed by atoms with Crippen LogP contribution in [0.2, 0.25) is 0 Å². The van der Waals surface area contributed by atoms with Crippen LogP contribution in [0.5, 0.6) is 17.2 Å². The van der Waals surface area contributed by atoms with Crippen molar-refractivity contribution in [1.82, 2.24) is 0 Å². The second-order valence-electron chi connectivity index (χ2n) is 4.48. The maximum atomic E-state index is 11.4. The summed E-state index contributed by atoms with van der Waals surface area (Å²) in [5.41, 5.74) is 0.917. The van der Waals surface area contributed by atoms with Crippen LogP contribution in [0.1, 0.15) is 18.9 Å². The summed E-state index contributed by atoms with van der Waals surface area (Å²) in [5, 5.41) is 0. The summed E-state index contributed by atoms with van der Waals surface area (Å²) in [6.45, 7) is 3.04. The molecule has 0 fully saturated rings. The summed E-state index contributed by atoms with van der Waals surface area (Å²) in [5.74, 6) is 1.44. The molecule has 1 aromatic rings. The van der Waals surface area contributed by atoms with Crippen molar-refractivity contribution >= 4 is 5.97 Å². The van der Waals surface area contributed by atoms with Crippen LogP contribution in [0.3, 0.4) is 0 Å². The Morgan fingerprint density at radius 2 is 1.68 bits per heavy atom. The first-order chi connectivity index (χ1) is 10.7. The van der Waals surface area contributed by atoms with Crippen molar-refractivity contribution in [3.63, 3.8) is 0 Å². The smallest absolute Gasteiger partial charge is 0.306 e. The van der Waals surface area contributed by atoms with Gasteiger partial charge in [0, 0.05) is 13.5 Å². The van der Waals surface area contributed by atoms with Gasteiger partial charge in [-0.1, -0.05) is 0 Å². The number of benzene rings is 1. The number of hydrogen-bond donors (Lipinski definition) is 0. The van der Waals surface area contributed by atoms with Gasteiger partial charge in [-0.3, -0.25) is 4.79 Å². The summed E-state index contributed by atoms with van der Waals surface area (Å²) >= 11 is 0. The molecule has 124 valence electrons. The van der Waals surface area contributed by atoms with E-state index in [1.165, 1.54) is 0 Å². The van der Waals surface area contributed by atoms with Gasteiger partial charge in [-0.25, -0.2) is 0 Å². The number of hydrogen-bond acceptors (Lipinski definition) is 6. The predicted octanol–water partition coefficient (Wildman–Crippen LogP) is 2.22. The van der Waals surface area contributed by atoms with Crippen molar-refractivity contribution in [1.29, 1.82) is 0 Å². The van der Waals surface area contributed by atoms with Crippen molar-refractivity contribution in [2.75, 3.05) is 41.2 Å². The first-order valence-corrected chi connectivity index (χ1v) is 7.18. The zero-order valence-electron chi connectivity index (χ0n) is 13.6. The molecule has 6 nitrogen and oxygen atoms in total. The maximum Gasteiger partial charge on any atom is 0.306 e. The fraction of sp³-hybridized carbons (Fsp3) is 0.562. The molecule has 0 atom stereocenters. The topological polar surface area (TPSA) is 63.2 Å². The van der Waals surface area contributed by atoms with E-state index in [9.17, 15) is 4.79 Å². The number of aryl methyl sites for hydroxylation is 1. The van der Waals surface area contributed by atoms with Crippen molar-refractivity contribution in [2.45, 2.75) is 19.8 Å². The van der Waals surface area contributed by atoms with E-state index >= 15 is 0 Å². The van der Waals surface area contributed by atoms with E-state index in [4.69, 9.17) is 23.7 Å². The molecule has 22 heavy (non-hydrogen) atoms. The van der Waals surface area contributed by atoms with Crippen LogP contribution >= 0.6 is 0 Å². The van der Waals surface area contributed by atoms with Crippen LogP contribution in [0.25, 0.3) is 0 Å².